The van der Waals surface area contributed by atoms with Crippen LogP contribution in [-0.2, 0) is 0 Å². The maximum absolute atomic E-state index is 13.9. The second-order valence-corrected chi connectivity index (χ2v) is 11.9. The van der Waals surface area contributed by atoms with Crippen LogP contribution in [0, 0.1) is 5.92 Å². The topological polar surface area (TPSA) is 80.4 Å². The summed E-state index contributed by atoms with van der Waals surface area (Å²) in [6.07, 6.45) is 3.39. The van der Waals surface area contributed by atoms with Crippen LogP contribution in [0.15, 0.2) is 35.6 Å². The Bertz CT molecular complexity index is 1310. The first kappa shape index (κ1) is 29.5. The fraction of sp³-hybridized carbons (Fsp3) is 0.552. The van der Waals surface area contributed by atoms with Gasteiger partial charge in [0.15, 0.2) is 6.29 Å². The maximum Gasteiger partial charge on any atom is 0.339 e. The number of hydrogen-bond acceptors (Lipinski definition) is 7. The van der Waals surface area contributed by atoms with E-state index in [2.05, 4.69) is 44.7 Å². The third-order valence-electron chi connectivity index (χ3n) is 8.04. The molecule has 222 valence electrons. The molecule has 4 heterocycles. The normalized spacial score (nSPS) is 22.6. The van der Waals surface area contributed by atoms with E-state index < -0.39 is 29.7 Å². The Hall–Kier alpha value is -3.02. The Kier molecular flexibility index (Phi) is 8.96. The molecule has 0 spiro atoms. The molecule has 0 bridgehead atoms. The highest BCUT2D eigenvalue weighted by atomic mass is 35.5. The molecule has 0 radical (unpaired) electrons. The third-order valence-corrected chi connectivity index (χ3v) is 8.27. The van der Waals surface area contributed by atoms with E-state index in [-0.39, 0.29) is 6.29 Å². The number of anilines is 1. The second-order valence-electron chi connectivity index (χ2n) is 11.5. The summed E-state index contributed by atoms with van der Waals surface area (Å²) in [4.78, 5) is 25.6. The molecule has 2 aromatic rings. The number of rotatable bonds is 8. The molecule has 9 nitrogen and oxygen atoms in total. The molecule has 41 heavy (non-hydrogen) atoms. The number of aromatic carboxylic acids is 1. The quantitative estimate of drug-likeness (QED) is 0.468. The number of nitrogens with zero attached hydrogens (tertiary/aromatic N) is 7. The predicted molar refractivity (Wildman–Crippen MR) is 157 cm³/mol. The summed E-state index contributed by atoms with van der Waals surface area (Å²) < 4.78 is 29.0. The Labute approximate surface area is 244 Å². The molecule has 1 N–H and O–H groups in total. The highest BCUT2D eigenvalue weighted by molar-refractivity contribution is 6.31. The van der Waals surface area contributed by atoms with E-state index in [1.54, 1.807) is 0 Å². The minimum Gasteiger partial charge on any atom is -0.478 e. The van der Waals surface area contributed by atoms with E-state index in [1.165, 1.54) is 4.68 Å². The number of carboxylic acid groups (broad SMARTS) is 1. The van der Waals surface area contributed by atoms with Crippen molar-refractivity contribution in [3.05, 3.63) is 52.4 Å². The third kappa shape index (κ3) is 6.42. The monoisotopic (exact) mass is 589 g/mol. The first-order chi connectivity index (χ1) is 19.6. The first-order valence-corrected chi connectivity index (χ1v) is 14.6. The summed E-state index contributed by atoms with van der Waals surface area (Å²) in [7, 11) is 2.04. The number of hydrogen-bond donors (Lipinski definition) is 1. The number of aliphatic imine (C=N–C) groups is 1. The fourth-order valence-electron chi connectivity index (χ4n) is 6.18. The maximum atomic E-state index is 13.9. The van der Waals surface area contributed by atoms with Gasteiger partial charge in [0.1, 0.15) is 11.3 Å². The van der Waals surface area contributed by atoms with Gasteiger partial charge in [-0.2, -0.15) is 5.10 Å². The number of piperidine rings is 1. The van der Waals surface area contributed by atoms with Crippen LogP contribution in [0.2, 0.25) is 5.02 Å². The van der Waals surface area contributed by atoms with Crippen molar-refractivity contribution in [1.29, 1.82) is 0 Å². The zero-order valence-electron chi connectivity index (χ0n) is 23.8. The number of alkyl halides is 2. The fourth-order valence-corrected chi connectivity index (χ4v) is 6.35. The van der Waals surface area contributed by atoms with E-state index >= 15 is 0 Å². The number of piperazine rings is 1. The van der Waals surface area contributed by atoms with Crippen molar-refractivity contribution in [3.8, 4) is 0 Å². The van der Waals surface area contributed by atoms with Gasteiger partial charge in [-0.25, -0.2) is 13.6 Å². The number of aromatic nitrogens is 2. The van der Waals surface area contributed by atoms with Crippen molar-refractivity contribution in [2.45, 2.75) is 45.4 Å². The van der Waals surface area contributed by atoms with Crippen LogP contribution in [0.3, 0.4) is 0 Å². The molecule has 1 aromatic heterocycles. The standard InChI is InChI=1S/C29H38ClF2N7O2/c1-19(2)16-36-9-11-37(12-10-36)29-33-14-20(17-35(29)3)23-7-6-21(30)13-25(23)38-8-4-5-22(18-38)39-26(27(31)32)24(15-34-39)28(40)41/h6-7,13-15,17,19,22,27,29H,4-5,8-12,16,18H2,1-3H3,(H,40,41). The molecule has 5 rings (SSSR count). The average molecular weight is 590 g/mol. The molecule has 2 atom stereocenters. The number of allylic oxidation sites excluding steroid dienone is 1. The summed E-state index contributed by atoms with van der Waals surface area (Å²) >= 11 is 6.45. The Morgan fingerprint density at radius 1 is 1.17 bits per heavy atom. The van der Waals surface area contributed by atoms with Gasteiger partial charge in [-0.3, -0.25) is 14.6 Å². The Morgan fingerprint density at radius 3 is 2.59 bits per heavy atom. The molecule has 3 aliphatic rings. The van der Waals surface area contributed by atoms with E-state index in [4.69, 9.17) is 16.6 Å². The molecular weight excluding hydrogens is 552 g/mol. The van der Waals surface area contributed by atoms with Crippen molar-refractivity contribution in [2.75, 3.05) is 57.8 Å². The summed E-state index contributed by atoms with van der Waals surface area (Å²) in [6.45, 7) is 10.7. The lowest BCUT2D eigenvalue weighted by Gasteiger charge is -2.42. The minimum absolute atomic E-state index is 0.0638. The van der Waals surface area contributed by atoms with Crippen LogP contribution in [0.4, 0.5) is 14.5 Å². The predicted octanol–water partition coefficient (Wildman–Crippen LogP) is 4.93. The molecule has 3 aliphatic heterocycles. The minimum atomic E-state index is -2.94. The number of halogens is 3. The number of carbonyl (C=O) groups is 1. The Balaban J connectivity index is 1.35. The highest BCUT2D eigenvalue weighted by Gasteiger charge is 2.32. The lowest BCUT2D eigenvalue weighted by Crippen LogP contribution is -2.54. The SMILES string of the molecule is CC(C)CN1CCN(C2N=CC(c3ccc(Cl)cc3N3CCCC(n4ncc(C(=O)O)c4C(F)F)C3)=CN2C)CC1. The zero-order valence-corrected chi connectivity index (χ0v) is 24.5. The van der Waals surface area contributed by atoms with Gasteiger partial charge in [0.2, 0.25) is 0 Å². The van der Waals surface area contributed by atoms with Crippen LogP contribution in [0.5, 0.6) is 0 Å². The summed E-state index contributed by atoms with van der Waals surface area (Å²) in [5.41, 5.74) is 1.78. The van der Waals surface area contributed by atoms with Gasteiger partial charge in [-0.15, -0.1) is 0 Å². The molecule has 0 saturated carbocycles. The highest BCUT2D eigenvalue weighted by Crippen LogP contribution is 2.36. The first-order valence-electron chi connectivity index (χ1n) is 14.2. The van der Waals surface area contributed by atoms with Crippen LogP contribution < -0.4 is 4.90 Å². The average Bonchev–Trinajstić information content (AvgIpc) is 3.40. The smallest absolute Gasteiger partial charge is 0.339 e. The van der Waals surface area contributed by atoms with E-state index in [0.717, 1.165) is 62.2 Å². The molecule has 1 aromatic carbocycles. The molecule has 2 fully saturated rings. The van der Waals surface area contributed by atoms with Gasteiger partial charge in [0.25, 0.3) is 6.43 Å². The van der Waals surface area contributed by atoms with Gasteiger partial charge < -0.3 is 19.8 Å². The largest absolute Gasteiger partial charge is 0.478 e. The van der Waals surface area contributed by atoms with Gasteiger partial charge in [-0.05, 0) is 30.9 Å². The zero-order chi connectivity index (χ0) is 29.3. The van der Waals surface area contributed by atoms with E-state index in [0.29, 0.717) is 30.5 Å². The van der Waals surface area contributed by atoms with Crippen molar-refractivity contribution in [3.63, 3.8) is 0 Å². The van der Waals surface area contributed by atoms with E-state index in [9.17, 15) is 18.7 Å². The van der Waals surface area contributed by atoms with Gasteiger partial charge in [0, 0.05) is 87.1 Å². The summed E-state index contributed by atoms with van der Waals surface area (Å²) in [5, 5.41) is 14.0. The van der Waals surface area contributed by atoms with Gasteiger partial charge in [-0.1, -0.05) is 31.5 Å². The van der Waals surface area contributed by atoms with Crippen LogP contribution in [-0.4, -0.2) is 101 Å². The van der Waals surface area contributed by atoms with Crippen molar-refractivity contribution in [1.82, 2.24) is 24.5 Å². The van der Waals surface area contributed by atoms with Gasteiger partial charge >= 0.3 is 5.97 Å². The molecule has 2 saturated heterocycles. The van der Waals surface area contributed by atoms with Crippen molar-refractivity contribution in [2.24, 2.45) is 10.9 Å². The molecular formula is C29H38ClF2N7O2. The summed E-state index contributed by atoms with van der Waals surface area (Å²) in [6, 6.07) is 5.31. The van der Waals surface area contributed by atoms with Crippen molar-refractivity contribution < 1.29 is 18.7 Å². The number of carboxylic acids is 1. The van der Waals surface area contributed by atoms with Crippen LogP contribution in [0.1, 0.15) is 60.8 Å². The Morgan fingerprint density at radius 2 is 1.93 bits per heavy atom. The molecule has 0 amide bonds. The van der Waals surface area contributed by atoms with E-state index in [1.807, 2.05) is 31.5 Å². The van der Waals surface area contributed by atoms with Crippen molar-refractivity contribution >= 4 is 35.0 Å². The molecule has 12 heteroatoms. The second kappa shape index (κ2) is 12.5. The van der Waals surface area contributed by atoms with Gasteiger partial charge in [0.05, 0.1) is 12.2 Å². The lowest BCUT2D eigenvalue weighted by atomic mass is 9.99. The van der Waals surface area contributed by atoms with Crippen LogP contribution >= 0.6 is 11.6 Å². The summed E-state index contributed by atoms with van der Waals surface area (Å²) in [5.74, 6) is -0.751. The van der Waals surface area contributed by atoms with Crippen LogP contribution in [0.25, 0.3) is 5.57 Å². The lowest BCUT2D eigenvalue weighted by molar-refractivity contribution is 0.0411. The molecule has 2 unspecified atom stereocenters. The molecule has 0 aliphatic carbocycles. The number of benzene rings is 1.